The molecule has 7 heteroatoms. The van der Waals surface area contributed by atoms with Gasteiger partial charge in [-0.15, -0.1) is 0 Å². The van der Waals surface area contributed by atoms with E-state index in [1.165, 1.54) is 39.3 Å². The van der Waals surface area contributed by atoms with E-state index in [1.54, 1.807) is 48.5 Å². The second kappa shape index (κ2) is 9.78. The maximum absolute atomic E-state index is 12.9. The van der Waals surface area contributed by atoms with Crippen molar-refractivity contribution < 1.29 is 33.7 Å². The predicted molar refractivity (Wildman–Crippen MR) is 117 cm³/mol. The lowest BCUT2D eigenvalue weighted by atomic mass is 9.91. The number of rotatable bonds is 8. The Labute approximate surface area is 185 Å². The number of phenols is 1. The maximum Gasteiger partial charge on any atom is 0.343 e. The third kappa shape index (κ3) is 4.95. The molecule has 32 heavy (non-hydrogen) atoms. The molecule has 7 nitrogen and oxygen atoms in total. The Morgan fingerprint density at radius 3 is 1.75 bits per heavy atom. The third-order valence-electron chi connectivity index (χ3n) is 4.93. The lowest BCUT2D eigenvalue weighted by Crippen LogP contribution is -2.21. The lowest BCUT2D eigenvalue weighted by Gasteiger charge is -2.13. The highest BCUT2D eigenvalue weighted by atomic mass is 16.5. The van der Waals surface area contributed by atoms with Crippen molar-refractivity contribution in [3.05, 3.63) is 83.4 Å². The highest BCUT2D eigenvalue weighted by Crippen LogP contribution is 2.28. The molecule has 1 N–H and O–H groups in total. The molecule has 0 fully saturated rings. The minimum atomic E-state index is -1.05. The van der Waals surface area contributed by atoms with Crippen LogP contribution in [0.5, 0.6) is 23.0 Å². The summed E-state index contributed by atoms with van der Waals surface area (Å²) < 4.78 is 15.5. The molecule has 0 aromatic heterocycles. The first-order chi connectivity index (χ1) is 15.3. The van der Waals surface area contributed by atoms with E-state index in [0.717, 1.165) is 0 Å². The molecule has 0 saturated carbocycles. The number of aromatic hydroxyl groups is 1. The number of carbonyl (C=O) groups excluding carboxylic acids is 3. The summed E-state index contributed by atoms with van der Waals surface area (Å²) in [6.07, 6.45) is 0. The molecule has 0 aliphatic rings. The van der Waals surface area contributed by atoms with Crippen LogP contribution in [0.3, 0.4) is 0 Å². The zero-order valence-corrected chi connectivity index (χ0v) is 17.8. The van der Waals surface area contributed by atoms with Crippen molar-refractivity contribution >= 4 is 17.5 Å². The van der Waals surface area contributed by atoms with Gasteiger partial charge >= 0.3 is 5.97 Å². The molecule has 164 valence electrons. The number of carbonyl (C=O) groups is 3. The van der Waals surface area contributed by atoms with Crippen molar-refractivity contribution in [3.63, 3.8) is 0 Å². The fraction of sp³-hybridized carbons (Fsp3) is 0.160. The van der Waals surface area contributed by atoms with Crippen LogP contribution in [-0.2, 0) is 0 Å². The van der Waals surface area contributed by atoms with E-state index in [9.17, 15) is 19.5 Å². The molecule has 0 amide bonds. The van der Waals surface area contributed by atoms with Crippen molar-refractivity contribution in [2.75, 3.05) is 14.2 Å². The molecule has 3 rings (SSSR count). The second-order valence-electron chi connectivity index (χ2n) is 6.98. The van der Waals surface area contributed by atoms with Gasteiger partial charge in [-0.3, -0.25) is 9.59 Å². The van der Waals surface area contributed by atoms with Crippen LogP contribution in [0.4, 0.5) is 0 Å². The Morgan fingerprint density at radius 2 is 1.22 bits per heavy atom. The first kappa shape index (κ1) is 22.6. The number of hydrogen-bond donors (Lipinski definition) is 1. The highest BCUT2D eigenvalue weighted by Gasteiger charge is 2.26. The van der Waals surface area contributed by atoms with Gasteiger partial charge in [0.15, 0.2) is 11.6 Å². The van der Waals surface area contributed by atoms with E-state index in [0.29, 0.717) is 17.1 Å². The summed E-state index contributed by atoms with van der Waals surface area (Å²) in [6, 6.07) is 16.6. The number of ketones is 2. The monoisotopic (exact) mass is 434 g/mol. The summed E-state index contributed by atoms with van der Waals surface area (Å²) in [5.41, 5.74) is 0.516. The van der Waals surface area contributed by atoms with E-state index in [2.05, 4.69) is 0 Å². The van der Waals surface area contributed by atoms with E-state index in [-0.39, 0.29) is 22.6 Å². The fourth-order valence-electron chi connectivity index (χ4n) is 3.03. The standard InChI is InChI=1S/C25H22O7/c1-15(23(27)16-4-8-18(30-2)9-5-16)24(28)21-14-20(12-13-22(21)26)32-25(29)17-6-10-19(31-3)11-7-17/h4-15,26H,1-3H3. The normalized spacial score (nSPS) is 11.3. The molecular formula is C25H22O7. The van der Waals surface area contributed by atoms with Crippen LogP contribution < -0.4 is 14.2 Å². The molecule has 0 saturated heterocycles. The largest absolute Gasteiger partial charge is 0.507 e. The number of esters is 1. The molecule has 1 unspecified atom stereocenters. The van der Waals surface area contributed by atoms with Gasteiger partial charge in [-0.2, -0.15) is 0 Å². The number of benzene rings is 3. The average Bonchev–Trinajstić information content (AvgIpc) is 2.83. The fourth-order valence-corrected chi connectivity index (χ4v) is 3.03. The third-order valence-corrected chi connectivity index (χ3v) is 4.93. The molecule has 0 heterocycles. The van der Waals surface area contributed by atoms with Gasteiger partial charge in [0.05, 0.1) is 31.3 Å². The summed E-state index contributed by atoms with van der Waals surface area (Å²) in [7, 11) is 3.03. The number of ether oxygens (including phenoxy) is 3. The van der Waals surface area contributed by atoms with Gasteiger partial charge in [0.2, 0.25) is 0 Å². The molecule has 0 aliphatic carbocycles. The maximum atomic E-state index is 12.9. The van der Waals surface area contributed by atoms with Crippen LogP contribution >= 0.6 is 0 Å². The van der Waals surface area contributed by atoms with Crippen LogP contribution in [0, 0.1) is 5.92 Å². The number of Topliss-reactive ketones (excluding diaryl/α,β-unsaturated/α-hetero) is 2. The summed E-state index contributed by atoms with van der Waals surface area (Å²) in [5, 5.41) is 10.2. The quantitative estimate of drug-likeness (QED) is 0.244. The van der Waals surface area contributed by atoms with Crippen molar-refractivity contribution in [1.82, 2.24) is 0 Å². The zero-order valence-electron chi connectivity index (χ0n) is 17.8. The summed E-state index contributed by atoms with van der Waals surface area (Å²) >= 11 is 0. The Hall–Kier alpha value is -4.13. The summed E-state index contributed by atoms with van der Waals surface area (Å²) in [4.78, 5) is 38.0. The van der Waals surface area contributed by atoms with Gasteiger partial charge in [-0.05, 0) is 73.7 Å². The minimum absolute atomic E-state index is 0.0658. The van der Waals surface area contributed by atoms with Crippen molar-refractivity contribution in [1.29, 1.82) is 0 Å². The molecule has 0 spiro atoms. The highest BCUT2D eigenvalue weighted by molar-refractivity contribution is 6.16. The molecule has 3 aromatic carbocycles. The van der Waals surface area contributed by atoms with Gasteiger partial charge in [0, 0.05) is 5.56 Å². The Morgan fingerprint density at radius 1 is 0.719 bits per heavy atom. The van der Waals surface area contributed by atoms with Crippen LogP contribution in [0.2, 0.25) is 0 Å². The Kier molecular flexibility index (Phi) is 6.90. The van der Waals surface area contributed by atoms with Crippen LogP contribution in [0.15, 0.2) is 66.7 Å². The molecular weight excluding hydrogens is 412 g/mol. The molecule has 1 atom stereocenters. The second-order valence-corrected chi connectivity index (χ2v) is 6.98. The average molecular weight is 434 g/mol. The SMILES string of the molecule is COc1ccc(C(=O)Oc2ccc(O)c(C(=O)C(C)C(=O)c3ccc(OC)cc3)c2)cc1. The smallest absolute Gasteiger partial charge is 0.343 e. The molecule has 3 aromatic rings. The van der Waals surface area contributed by atoms with Gasteiger partial charge in [-0.1, -0.05) is 0 Å². The zero-order chi connectivity index (χ0) is 23.3. The number of hydrogen-bond acceptors (Lipinski definition) is 7. The van der Waals surface area contributed by atoms with Crippen LogP contribution in [0.1, 0.15) is 38.0 Å². The summed E-state index contributed by atoms with van der Waals surface area (Å²) in [5.74, 6) is -1.76. The lowest BCUT2D eigenvalue weighted by molar-refractivity contribution is 0.0730. The van der Waals surface area contributed by atoms with E-state index >= 15 is 0 Å². The van der Waals surface area contributed by atoms with E-state index in [4.69, 9.17) is 14.2 Å². The van der Waals surface area contributed by atoms with Gasteiger partial charge in [0.25, 0.3) is 0 Å². The van der Waals surface area contributed by atoms with Gasteiger partial charge in [0.1, 0.15) is 23.0 Å². The number of phenolic OH excluding ortho intramolecular Hbond substituents is 1. The van der Waals surface area contributed by atoms with E-state index < -0.39 is 23.5 Å². The molecule has 0 aliphatic heterocycles. The molecule has 0 radical (unpaired) electrons. The minimum Gasteiger partial charge on any atom is -0.507 e. The van der Waals surface area contributed by atoms with Gasteiger partial charge in [-0.25, -0.2) is 4.79 Å². The van der Waals surface area contributed by atoms with Crippen LogP contribution in [0.25, 0.3) is 0 Å². The first-order valence-corrected chi connectivity index (χ1v) is 9.75. The van der Waals surface area contributed by atoms with Crippen molar-refractivity contribution in [3.8, 4) is 23.0 Å². The topological polar surface area (TPSA) is 99.1 Å². The summed E-state index contributed by atoms with van der Waals surface area (Å²) in [6.45, 7) is 1.46. The van der Waals surface area contributed by atoms with Crippen LogP contribution in [-0.4, -0.2) is 36.9 Å². The van der Waals surface area contributed by atoms with Gasteiger partial charge < -0.3 is 19.3 Å². The first-order valence-electron chi connectivity index (χ1n) is 9.75. The molecule has 0 bridgehead atoms. The van der Waals surface area contributed by atoms with Crippen molar-refractivity contribution in [2.45, 2.75) is 6.92 Å². The van der Waals surface area contributed by atoms with Crippen molar-refractivity contribution in [2.24, 2.45) is 5.92 Å². The Balaban J connectivity index is 1.78. The number of methoxy groups -OCH3 is 2. The predicted octanol–water partition coefficient (Wildman–Crippen LogP) is 4.33. The van der Waals surface area contributed by atoms with E-state index in [1.807, 2.05) is 0 Å². The Bertz CT molecular complexity index is 1130.